The van der Waals surface area contributed by atoms with Crippen LogP contribution in [-0.2, 0) is 11.0 Å². The quantitative estimate of drug-likeness (QED) is 0.852. The van der Waals surface area contributed by atoms with E-state index >= 15 is 0 Å². The summed E-state index contributed by atoms with van der Waals surface area (Å²) in [6, 6.07) is 3.47. The van der Waals surface area contributed by atoms with E-state index in [1.807, 2.05) is 6.07 Å². The molecule has 1 aromatic heterocycles. The van der Waals surface area contributed by atoms with Crippen molar-refractivity contribution >= 4 is 14.2 Å². The number of aromatic nitrogens is 1. The zero-order chi connectivity index (χ0) is 14.0. The molecule has 0 saturated heterocycles. The molecule has 0 atom stereocenters. The highest BCUT2D eigenvalue weighted by Gasteiger charge is 2.36. The number of hydrogen-bond acceptors (Lipinski definition) is 3. The van der Waals surface area contributed by atoms with Crippen LogP contribution in [0.15, 0.2) is 18.3 Å². The molecule has 0 radical (unpaired) electrons. The van der Waals surface area contributed by atoms with E-state index in [0.29, 0.717) is 6.61 Å². The summed E-state index contributed by atoms with van der Waals surface area (Å²) in [4.78, 5) is 14.9. The Labute approximate surface area is 110 Å². The zero-order valence-corrected chi connectivity index (χ0v) is 12.8. The molecule has 1 amide bonds. The largest absolute Gasteiger partial charge is 0.413 e. The summed E-state index contributed by atoms with van der Waals surface area (Å²) in [5.41, 5.74) is 6.38. The summed E-state index contributed by atoms with van der Waals surface area (Å²) in [7, 11) is -1.74. The van der Waals surface area contributed by atoms with Crippen LogP contribution >= 0.6 is 0 Å². The summed E-state index contributed by atoms with van der Waals surface area (Å²) in [5.74, 6) is -0.508. The van der Waals surface area contributed by atoms with Crippen molar-refractivity contribution in [3.63, 3.8) is 0 Å². The molecule has 0 spiro atoms. The molecule has 0 unspecified atom stereocenters. The molecule has 1 aromatic rings. The van der Waals surface area contributed by atoms with E-state index < -0.39 is 14.2 Å². The number of rotatable bonds is 4. The Morgan fingerprint density at radius 1 is 1.39 bits per heavy atom. The number of primary amides is 1. The molecule has 0 fully saturated rings. The van der Waals surface area contributed by atoms with Gasteiger partial charge in [-0.1, -0.05) is 26.8 Å². The van der Waals surface area contributed by atoms with E-state index in [9.17, 15) is 4.79 Å². The van der Waals surface area contributed by atoms with Crippen molar-refractivity contribution in [2.75, 3.05) is 0 Å². The van der Waals surface area contributed by atoms with Gasteiger partial charge in [-0.2, -0.15) is 0 Å². The Morgan fingerprint density at radius 3 is 2.39 bits per heavy atom. The summed E-state index contributed by atoms with van der Waals surface area (Å²) >= 11 is 0. The number of carbonyl (C=O) groups is 1. The highest BCUT2D eigenvalue weighted by molar-refractivity contribution is 6.74. The Bertz CT molecular complexity index is 422. The van der Waals surface area contributed by atoms with Gasteiger partial charge < -0.3 is 10.2 Å². The smallest absolute Gasteiger partial charge is 0.267 e. The van der Waals surface area contributed by atoms with Crippen LogP contribution in [0.4, 0.5) is 0 Å². The first-order chi connectivity index (χ1) is 8.13. The lowest BCUT2D eigenvalue weighted by atomic mass is 10.2. The van der Waals surface area contributed by atoms with Crippen LogP contribution in [0.2, 0.25) is 18.1 Å². The van der Waals surface area contributed by atoms with Crippen LogP contribution in [0.25, 0.3) is 0 Å². The minimum Gasteiger partial charge on any atom is -0.413 e. The Morgan fingerprint density at radius 2 is 2.00 bits per heavy atom. The van der Waals surface area contributed by atoms with Crippen molar-refractivity contribution in [1.29, 1.82) is 0 Å². The highest BCUT2D eigenvalue weighted by Crippen LogP contribution is 2.36. The second-order valence-electron chi connectivity index (χ2n) is 5.96. The topological polar surface area (TPSA) is 65.2 Å². The molecular weight excluding hydrogens is 244 g/mol. The van der Waals surface area contributed by atoms with Gasteiger partial charge in [0.15, 0.2) is 8.32 Å². The van der Waals surface area contributed by atoms with Gasteiger partial charge in [-0.05, 0) is 29.8 Å². The van der Waals surface area contributed by atoms with E-state index in [1.54, 1.807) is 12.3 Å². The van der Waals surface area contributed by atoms with Gasteiger partial charge in [0.05, 0.1) is 6.61 Å². The second kappa shape index (κ2) is 5.20. The number of pyridine rings is 1. The Balaban J connectivity index is 2.67. The van der Waals surface area contributed by atoms with E-state index in [2.05, 4.69) is 38.8 Å². The van der Waals surface area contributed by atoms with E-state index in [4.69, 9.17) is 10.2 Å². The van der Waals surface area contributed by atoms with Crippen molar-refractivity contribution in [2.24, 2.45) is 5.73 Å². The van der Waals surface area contributed by atoms with Gasteiger partial charge in [0.2, 0.25) is 0 Å². The fraction of sp³-hybridized carbons (Fsp3) is 0.538. The summed E-state index contributed by atoms with van der Waals surface area (Å²) < 4.78 is 6.06. The zero-order valence-electron chi connectivity index (χ0n) is 11.8. The molecule has 4 nitrogen and oxygen atoms in total. The second-order valence-corrected chi connectivity index (χ2v) is 10.8. The third kappa shape index (κ3) is 3.65. The van der Waals surface area contributed by atoms with Crippen LogP contribution in [-0.4, -0.2) is 19.2 Å². The molecule has 0 aliphatic rings. The van der Waals surface area contributed by atoms with Crippen LogP contribution in [0, 0.1) is 0 Å². The molecule has 1 heterocycles. The predicted octanol–water partition coefficient (Wildman–Crippen LogP) is 2.70. The lowest BCUT2D eigenvalue weighted by molar-refractivity contribution is 0.0995. The monoisotopic (exact) mass is 266 g/mol. The minimum absolute atomic E-state index is 0.188. The predicted molar refractivity (Wildman–Crippen MR) is 74.7 cm³/mol. The molecule has 0 aliphatic heterocycles. The normalized spacial score (nSPS) is 12.5. The minimum atomic E-state index is -1.74. The van der Waals surface area contributed by atoms with Gasteiger partial charge in [0, 0.05) is 6.20 Å². The fourth-order valence-corrected chi connectivity index (χ4v) is 2.10. The lowest BCUT2D eigenvalue weighted by Gasteiger charge is -2.36. The van der Waals surface area contributed by atoms with Crippen molar-refractivity contribution in [3.8, 4) is 0 Å². The van der Waals surface area contributed by atoms with Gasteiger partial charge in [-0.3, -0.25) is 9.78 Å². The van der Waals surface area contributed by atoms with Crippen LogP contribution < -0.4 is 5.73 Å². The molecular formula is C13H22N2O2Si. The molecule has 2 N–H and O–H groups in total. The number of amides is 1. The molecule has 18 heavy (non-hydrogen) atoms. The first kappa shape index (κ1) is 14.9. The fourth-order valence-electron chi connectivity index (χ4n) is 1.14. The van der Waals surface area contributed by atoms with Gasteiger partial charge in [0.25, 0.3) is 5.91 Å². The number of carbonyl (C=O) groups excluding carboxylic acids is 1. The molecule has 0 saturated carbocycles. The van der Waals surface area contributed by atoms with Crippen molar-refractivity contribution in [2.45, 2.75) is 45.5 Å². The maximum Gasteiger partial charge on any atom is 0.267 e. The third-order valence-corrected chi connectivity index (χ3v) is 7.96. The Hall–Kier alpha value is -1.20. The molecule has 0 bridgehead atoms. The van der Waals surface area contributed by atoms with Crippen LogP contribution in [0.5, 0.6) is 0 Å². The summed E-state index contributed by atoms with van der Waals surface area (Å²) in [6.45, 7) is 11.5. The van der Waals surface area contributed by atoms with E-state index in [1.165, 1.54) is 0 Å². The molecule has 5 heteroatoms. The number of nitrogens with two attached hydrogens (primary N) is 1. The molecule has 0 aromatic carbocycles. The summed E-state index contributed by atoms with van der Waals surface area (Å²) in [5, 5.41) is 0.188. The average Bonchev–Trinajstić information content (AvgIpc) is 2.25. The first-order valence-electron chi connectivity index (χ1n) is 6.02. The highest BCUT2D eigenvalue weighted by atomic mass is 28.4. The van der Waals surface area contributed by atoms with Crippen molar-refractivity contribution in [3.05, 3.63) is 29.6 Å². The molecule has 0 aliphatic carbocycles. The lowest BCUT2D eigenvalue weighted by Crippen LogP contribution is -2.40. The summed E-state index contributed by atoms with van der Waals surface area (Å²) in [6.07, 6.45) is 1.65. The number of hydrogen-bond donors (Lipinski definition) is 1. The third-order valence-electron chi connectivity index (χ3n) is 3.48. The molecule has 100 valence electrons. The first-order valence-corrected chi connectivity index (χ1v) is 8.93. The van der Waals surface area contributed by atoms with Crippen molar-refractivity contribution in [1.82, 2.24) is 4.98 Å². The van der Waals surface area contributed by atoms with Gasteiger partial charge in [-0.15, -0.1) is 0 Å². The maximum atomic E-state index is 10.9. The van der Waals surface area contributed by atoms with Crippen molar-refractivity contribution < 1.29 is 9.22 Å². The van der Waals surface area contributed by atoms with E-state index in [0.717, 1.165) is 5.56 Å². The average molecular weight is 266 g/mol. The molecule has 1 rings (SSSR count). The van der Waals surface area contributed by atoms with Gasteiger partial charge in [-0.25, -0.2) is 0 Å². The maximum absolute atomic E-state index is 10.9. The number of nitrogens with zero attached hydrogens (tertiary/aromatic N) is 1. The van der Waals surface area contributed by atoms with Gasteiger partial charge in [0.1, 0.15) is 5.69 Å². The SMILES string of the molecule is CC(C)(C)[Si](C)(C)OCc1ccc(C(N)=O)nc1. The van der Waals surface area contributed by atoms with Gasteiger partial charge >= 0.3 is 0 Å². The standard InChI is InChI=1S/C13H22N2O2Si/c1-13(2,3)18(4,5)17-9-10-6-7-11(12(14)16)15-8-10/h6-8H,9H2,1-5H3,(H2,14,16). The van der Waals surface area contributed by atoms with Crippen LogP contribution in [0.3, 0.4) is 0 Å². The van der Waals surface area contributed by atoms with E-state index in [-0.39, 0.29) is 10.7 Å². The van der Waals surface area contributed by atoms with Crippen LogP contribution in [0.1, 0.15) is 36.8 Å². The Kier molecular flexibility index (Phi) is 4.29.